The van der Waals surface area contributed by atoms with Gasteiger partial charge in [0.25, 0.3) is 10.0 Å². The minimum absolute atomic E-state index is 0.0808. The van der Waals surface area contributed by atoms with E-state index in [1.165, 1.54) is 32.2 Å². The minimum Gasteiger partial charge on any atom is -0.497 e. The number of hydrogen-bond acceptors (Lipinski definition) is 6. The van der Waals surface area contributed by atoms with Crippen molar-refractivity contribution in [3.05, 3.63) is 47.2 Å². The summed E-state index contributed by atoms with van der Waals surface area (Å²) >= 11 is 0. The van der Waals surface area contributed by atoms with Gasteiger partial charge in [0.15, 0.2) is 0 Å². The van der Waals surface area contributed by atoms with Gasteiger partial charge < -0.3 is 9.84 Å². The van der Waals surface area contributed by atoms with Gasteiger partial charge in [0, 0.05) is 17.8 Å². The quantitative estimate of drug-likeness (QED) is 0.722. The molecule has 0 spiro atoms. The molecule has 2 rings (SSSR count). The molecule has 9 nitrogen and oxygen atoms in total. The molecule has 0 unspecified atom stereocenters. The van der Waals surface area contributed by atoms with E-state index in [4.69, 9.17) is 4.74 Å². The zero-order valence-electron chi connectivity index (χ0n) is 14.2. The number of carbonyl (C=O) groups excluding carboxylic acids is 1. The van der Waals surface area contributed by atoms with Crippen LogP contribution in [-0.2, 0) is 10.0 Å². The molecule has 3 N–H and O–H groups in total. The highest BCUT2D eigenvalue weighted by atomic mass is 32.2. The van der Waals surface area contributed by atoms with Crippen LogP contribution >= 0.6 is 0 Å². The van der Waals surface area contributed by atoms with Crippen molar-refractivity contribution < 1.29 is 27.9 Å². The van der Waals surface area contributed by atoms with Crippen LogP contribution in [0.5, 0.6) is 5.75 Å². The summed E-state index contributed by atoms with van der Waals surface area (Å²) in [4.78, 5) is 26.9. The molecule has 0 atom stereocenters. The number of carboxylic acids is 1. The number of hydrogen-bond donors (Lipinski definition) is 3. The summed E-state index contributed by atoms with van der Waals surface area (Å²) in [5.41, 5.74) is 0.406. The van der Waals surface area contributed by atoms with Crippen LogP contribution in [0.15, 0.2) is 35.2 Å². The van der Waals surface area contributed by atoms with Crippen molar-refractivity contribution in [3.63, 3.8) is 0 Å². The smallest absolute Gasteiger partial charge is 0.337 e. The normalized spacial score (nSPS) is 10.9. The molecular weight excluding hydrogens is 362 g/mol. The van der Waals surface area contributed by atoms with E-state index in [2.05, 4.69) is 10.3 Å². The van der Waals surface area contributed by atoms with E-state index in [1.807, 2.05) is 0 Å². The Morgan fingerprint density at radius 2 is 1.88 bits per heavy atom. The number of amides is 2. The van der Waals surface area contributed by atoms with Gasteiger partial charge >= 0.3 is 12.0 Å². The van der Waals surface area contributed by atoms with Gasteiger partial charge in [-0.05, 0) is 25.5 Å². The van der Waals surface area contributed by atoms with Crippen molar-refractivity contribution in [1.29, 1.82) is 0 Å². The number of aromatic carboxylic acids is 1. The zero-order chi connectivity index (χ0) is 19.5. The molecule has 26 heavy (non-hydrogen) atoms. The Bertz CT molecular complexity index is 972. The number of benzene rings is 1. The average molecular weight is 379 g/mol. The van der Waals surface area contributed by atoms with Gasteiger partial charge in [0.05, 0.1) is 12.7 Å². The van der Waals surface area contributed by atoms with Gasteiger partial charge in [-0.25, -0.2) is 27.7 Å². The van der Waals surface area contributed by atoms with Crippen LogP contribution in [0, 0.1) is 13.8 Å². The number of nitrogens with zero attached hydrogens (tertiary/aromatic N) is 1. The Balaban J connectivity index is 2.28. The first kappa shape index (κ1) is 19.2. The van der Waals surface area contributed by atoms with Gasteiger partial charge in [-0.1, -0.05) is 12.1 Å². The number of methoxy groups -OCH3 is 1. The van der Waals surface area contributed by atoms with Crippen LogP contribution in [0.25, 0.3) is 0 Å². The van der Waals surface area contributed by atoms with E-state index in [9.17, 15) is 23.1 Å². The predicted molar refractivity (Wildman–Crippen MR) is 93.0 cm³/mol. The Morgan fingerprint density at radius 3 is 2.50 bits per heavy atom. The van der Waals surface area contributed by atoms with Gasteiger partial charge in [-0.2, -0.15) is 0 Å². The van der Waals surface area contributed by atoms with E-state index in [0.717, 1.165) is 6.07 Å². The maximum atomic E-state index is 12.4. The number of rotatable bonds is 5. The van der Waals surface area contributed by atoms with Crippen molar-refractivity contribution in [3.8, 4) is 5.75 Å². The van der Waals surface area contributed by atoms with Gasteiger partial charge in [0.1, 0.15) is 16.5 Å². The second-order valence-electron chi connectivity index (χ2n) is 5.35. The summed E-state index contributed by atoms with van der Waals surface area (Å²) < 4.78 is 31.7. The van der Waals surface area contributed by atoms with Crippen LogP contribution in [0.1, 0.15) is 21.6 Å². The lowest BCUT2D eigenvalue weighted by Gasteiger charge is -2.12. The van der Waals surface area contributed by atoms with Crippen LogP contribution in [0.3, 0.4) is 0 Å². The van der Waals surface area contributed by atoms with Crippen LogP contribution < -0.4 is 14.8 Å². The first-order valence-electron chi connectivity index (χ1n) is 7.33. The number of anilines is 1. The Morgan fingerprint density at radius 1 is 1.19 bits per heavy atom. The fraction of sp³-hybridized carbons (Fsp3) is 0.188. The zero-order valence-corrected chi connectivity index (χ0v) is 15.0. The molecule has 1 aromatic heterocycles. The highest BCUT2D eigenvalue weighted by molar-refractivity contribution is 7.90. The second-order valence-corrected chi connectivity index (χ2v) is 7.00. The molecule has 0 saturated carbocycles. The molecule has 1 aromatic carbocycles. The van der Waals surface area contributed by atoms with Crippen LogP contribution in [-0.4, -0.2) is 37.6 Å². The van der Waals surface area contributed by atoms with Crippen molar-refractivity contribution >= 4 is 27.8 Å². The summed E-state index contributed by atoms with van der Waals surface area (Å²) in [6.45, 7) is 3.14. The molecule has 0 saturated heterocycles. The number of ether oxygens (including phenoxy) is 1. The number of carboxylic acid groups (broad SMARTS) is 1. The minimum atomic E-state index is -4.41. The maximum absolute atomic E-state index is 12.4. The number of urea groups is 1. The van der Waals surface area contributed by atoms with E-state index in [-0.39, 0.29) is 11.4 Å². The van der Waals surface area contributed by atoms with Crippen LogP contribution in [0.2, 0.25) is 0 Å². The van der Waals surface area contributed by atoms with Crippen molar-refractivity contribution in [2.45, 2.75) is 18.7 Å². The second kappa shape index (κ2) is 7.40. The number of nitrogens with one attached hydrogen (secondary N) is 2. The molecule has 0 aliphatic carbocycles. The lowest BCUT2D eigenvalue weighted by Crippen LogP contribution is -2.35. The van der Waals surface area contributed by atoms with Crippen molar-refractivity contribution in [2.24, 2.45) is 0 Å². The Kier molecular flexibility index (Phi) is 5.46. The summed E-state index contributed by atoms with van der Waals surface area (Å²) in [5.74, 6) is -0.895. The highest BCUT2D eigenvalue weighted by Gasteiger charge is 2.25. The summed E-state index contributed by atoms with van der Waals surface area (Å²) in [5, 5.41) is 11.5. The van der Waals surface area contributed by atoms with E-state index >= 15 is 0 Å². The molecule has 10 heteroatoms. The van der Waals surface area contributed by atoms with E-state index < -0.39 is 32.5 Å². The Hall–Kier alpha value is -3.14. The number of aryl methyl sites for hydroxylation is 2. The third kappa shape index (κ3) is 4.28. The average Bonchev–Trinajstić information content (AvgIpc) is 2.52. The largest absolute Gasteiger partial charge is 0.497 e. The maximum Gasteiger partial charge on any atom is 0.337 e. The summed E-state index contributed by atoms with van der Waals surface area (Å²) in [6.07, 6.45) is 0. The van der Waals surface area contributed by atoms with E-state index in [0.29, 0.717) is 11.4 Å². The van der Waals surface area contributed by atoms with Gasteiger partial charge in [-0.15, -0.1) is 0 Å². The summed E-state index contributed by atoms with van der Waals surface area (Å²) in [6, 6.07) is 5.93. The fourth-order valence-electron chi connectivity index (χ4n) is 2.28. The lowest BCUT2D eigenvalue weighted by atomic mass is 10.1. The first-order valence-corrected chi connectivity index (χ1v) is 8.81. The number of pyridine rings is 1. The van der Waals surface area contributed by atoms with Crippen molar-refractivity contribution in [1.82, 2.24) is 9.71 Å². The molecule has 1 heterocycles. The molecule has 0 aliphatic rings. The van der Waals surface area contributed by atoms with Gasteiger partial charge in [0.2, 0.25) is 0 Å². The molecular formula is C16H17N3O6S. The first-order chi connectivity index (χ1) is 12.1. The molecule has 2 amide bonds. The SMILES string of the molecule is COc1cc(C)nc(NC(=O)NS(=O)(=O)c2cccc(C)c2C(=O)O)c1. The summed E-state index contributed by atoms with van der Waals surface area (Å²) in [7, 11) is -2.97. The molecule has 2 aromatic rings. The number of carbonyl (C=O) groups is 2. The molecule has 0 aliphatic heterocycles. The number of aromatic nitrogens is 1. The van der Waals surface area contributed by atoms with Crippen LogP contribution in [0.4, 0.5) is 10.6 Å². The van der Waals surface area contributed by atoms with Gasteiger partial charge in [-0.3, -0.25) is 5.32 Å². The molecule has 0 bridgehead atoms. The Labute approximate surface area is 150 Å². The lowest BCUT2D eigenvalue weighted by molar-refractivity contribution is 0.0691. The standard InChI is InChI=1S/C16H17N3O6S/c1-9-5-4-6-12(14(9)15(20)21)26(23,24)19-16(22)18-13-8-11(25-3)7-10(2)17-13/h4-8H,1-3H3,(H,20,21)(H2,17,18,19,22). The third-order valence-electron chi connectivity index (χ3n) is 3.37. The number of sulfonamides is 1. The topological polar surface area (TPSA) is 135 Å². The monoisotopic (exact) mass is 379 g/mol. The van der Waals surface area contributed by atoms with Crippen molar-refractivity contribution in [2.75, 3.05) is 12.4 Å². The highest BCUT2D eigenvalue weighted by Crippen LogP contribution is 2.20. The molecule has 0 fully saturated rings. The molecule has 0 radical (unpaired) electrons. The third-order valence-corrected chi connectivity index (χ3v) is 4.74. The molecule has 138 valence electrons. The van der Waals surface area contributed by atoms with E-state index in [1.54, 1.807) is 17.7 Å². The fourth-order valence-corrected chi connectivity index (χ4v) is 3.46. The predicted octanol–water partition coefficient (Wildman–Crippen LogP) is 1.92.